The molecule has 1 atom stereocenters. The molecule has 0 saturated carbocycles. The largest absolute Gasteiger partial charge is 0.444 e. The first-order valence-electron chi connectivity index (χ1n) is 8.03. The fourth-order valence-electron chi connectivity index (χ4n) is 1.98. The highest BCUT2D eigenvalue weighted by Crippen LogP contribution is 2.08. The highest BCUT2D eigenvalue weighted by Gasteiger charge is 2.25. The Morgan fingerprint density at radius 2 is 1.79 bits per heavy atom. The molecule has 1 aromatic rings. The van der Waals surface area contributed by atoms with E-state index in [1.54, 1.807) is 20.8 Å². The van der Waals surface area contributed by atoms with Gasteiger partial charge < -0.3 is 15.4 Å². The molecule has 0 aliphatic rings. The summed E-state index contributed by atoms with van der Waals surface area (Å²) in [7, 11) is 0.201. The molecule has 1 aromatic carbocycles. The summed E-state index contributed by atoms with van der Waals surface area (Å²) in [4.78, 5) is 24.4. The van der Waals surface area contributed by atoms with Crippen LogP contribution in [0.15, 0.2) is 30.3 Å². The maximum Gasteiger partial charge on any atom is 0.408 e. The third-order valence-electron chi connectivity index (χ3n) is 3.13. The molecule has 0 heterocycles. The fourth-order valence-corrected chi connectivity index (χ4v) is 2.69. The lowest BCUT2D eigenvalue weighted by Crippen LogP contribution is -2.48. The van der Waals surface area contributed by atoms with E-state index >= 15 is 0 Å². The van der Waals surface area contributed by atoms with Crippen LogP contribution in [0, 0.1) is 0 Å². The highest BCUT2D eigenvalue weighted by molar-refractivity contribution is 7.95. The van der Waals surface area contributed by atoms with Gasteiger partial charge >= 0.3 is 6.09 Å². The summed E-state index contributed by atoms with van der Waals surface area (Å²) in [5, 5.41) is 5.58. The predicted molar refractivity (Wildman–Crippen MR) is 100 cm³/mol. The van der Waals surface area contributed by atoms with Crippen molar-refractivity contribution in [2.45, 2.75) is 45.4 Å². The van der Waals surface area contributed by atoms with Gasteiger partial charge in [0.25, 0.3) is 0 Å². The van der Waals surface area contributed by atoms with Crippen LogP contribution in [0.25, 0.3) is 0 Å². The third kappa shape index (κ3) is 8.82. The van der Waals surface area contributed by atoms with Crippen LogP contribution in [-0.4, -0.2) is 41.9 Å². The van der Waals surface area contributed by atoms with Crippen molar-refractivity contribution in [3.8, 4) is 0 Å². The lowest BCUT2D eigenvalue weighted by molar-refractivity contribution is -0.123. The van der Waals surface area contributed by atoms with Gasteiger partial charge in [-0.15, -0.1) is 0 Å². The highest BCUT2D eigenvalue weighted by atomic mass is 32.2. The lowest BCUT2D eigenvalue weighted by Gasteiger charge is -2.23. The first kappa shape index (κ1) is 20.4. The SMILES string of the molecule is C[S+](C)CCC(NC(=O)OC(C)(C)C)C(=O)NCc1ccccc1. The van der Waals surface area contributed by atoms with Crippen LogP contribution in [-0.2, 0) is 27.0 Å². The summed E-state index contributed by atoms with van der Waals surface area (Å²) in [5.41, 5.74) is 0.433. The molecular formula is C18H29N2O3S+. The molecule has 0 aliphatic heterocycles. The fraction of sp³-hybridized carbons (Fsp3) is 0.556. The summed E-state index contributed by atoms with van der Waals surface area (Å²) < 4.78 is 5.26. The molecule has 0 fully saturated rings. The second-order valence-electron chi connectivity index (χ2n) is 6.88. The van der Waals surface area contributed by atoms with Gasteiger partial charge in [0, 0.05) is 13.0 Å². The van der Waals surface area contributed by atoms with Crippen molar-refractivity contribution in [1.29, 1.82) is 0 Å². The molecular weight excluding hydrogens is 324 g/mol. The molecule has 0 saturated heterocycles. The Hall–Kier alpha value is -1.69. The number of hydrogen-bond acceptors (Lipinski definition) is 3. The van der Waals surface area contributed by atoms with Crippen LogP contribution < -0.4 is 10.6 Å². The second kappa shape index (κ2) is 9.57. The first-order valence-corrected chi connectivity index (χ1v) is 10.2. The number of benzene rings is 1. The quantitative estimate of drug-likeness (QED) is 0.740. The average molecular weight is 354 g/mol. The molecule has 2 amide bonds. The first-order chi connectivity index (χ1) is 11.2. The Bertz CT molecular complexity index is 527. The zero-order chi connectivity index (χ0) is 18.2. The minimum absolute atomic E-state index is 0.185. The van der Waals surface area contributed by atoms with Gasteiger partial charge in [0.1, 0.15) is 17.4 Å². The number of carbonyl (C=O) groups is 2. The monoisotopic (exact) mass is 353 g/mol. The molecule has 1 unspecified atom stereocenters. The zero-order valence-corrected chi connectivity index (χ0v) is 16.0. The molecule has 134 valence electrons. The van der Waals surface area contributed by atoms with Crippen LogP contribution >= 0.6 is 0 Å². The number of rotatable bonds is 7. The molecule has 0 bridgehead atoms. The number of hydrogen-bond donors (Lipinski definition) is 2. The minimum Gasteiger partial charge on any atom is -0.444 e. The van der Waals surface area contributed by atoms with E-state index in [0.717, 1.165) is 11.3 Å². The average Bonchev–Trinajstić information content (AvgIpc) is 2.48. The van der Waals surface area contributed by atoms with E-state index in [-0.39, 0.29) is 16.8 Å². The van der Waals surface area contributed by atoms with Crippen molar-refractivity contribution >= 4 is 22.9 Å². The van der Waals surface area contributed by atoms with Gasteiger partial charge in [0.15, 0.2) is 0 Å². The van der Waals surface area contributed by atoms with E-state index < -0.39 is 17.7 Å². The summed E-state index contributed by atoms with van der Waals surface area (Å²) in [6, 6.07) is 9.11. The Morgan fingerprint density at radius 1 is 1.17 bits per heavy atom. The van der Waals surface area contributed by atoms with Crippen molar-refractivity contribution in [1.82, 2.24) is 10.6 Å². The van der Waals surface area contributed by atoms with Crippen LogP contribution in [0.1, 0.15) is 32.8 Å². The Labute approximate surface area is 147 Å². The summed E-state index contributed by atoms with van der Waals surface area (Å²) in [5.74, 6) is 0.689. The molecule has 0 spiro atoms. The van der Waals surface area contributed by atoms with Crippen molar-refractivity contribution in [2.24, 2.45) is 0 Å². The van der Waals surface area contributed by atoms with Gasteiger partial charge in [-0.25, -0.2) is 4.79 Å². The molecule has 0 radical (unpaired) electrons. The summed E-state index contributed by atoms with van der Waals surface area (Å²) in [6.07, 6.45) is 4.27. The smallest absolute Gasteiger partial charge is 0.408 e. The lowest BCUT2D eigenvalue weighted by atomic mass is 10.2. The maximum atomic E-state index is 12.5. The van der Waals surface area contributed by atoms with Gasteiger partial charge in [-0.3, -0.25) is 4.79 Å². The Morgan fingerprint density at radius 3 is 2.33 bits per heavy atom. The number of carbonyl (C=O) groups excluding carboxylic acids is 2. The topological polar surface area (TPSA) is 67.4 Å². The molecule has 6 heteroatoms. The van der Waals surface area contributed by atoms with E-state index in [4.69, 9.17) is 4.74 Å². The normalized spacial score (nSPS) is 12.6. The summed E-state index contributed by atoms with van der Waals surface area (Å²) >= 11 is 0. The minimum atomic E-state index is -0.588. The van der Waals surface area contributed by atoms with Gasteiger partial charge in [-0.1, -0.05) is 30.3 Å². The molecule has 5 nitrogen and oxygen atoms in total. The summed E-state index contributed by atoms with van der Waals surface area (Å²) in [6.45, 7) is 5.84. The van der Waals surface area contributed by atoms with Crippen molar-refractivity contribution in [2.75, 3.05) is 18.3 Å². The zero-order valence-electron chi connectivity index (χ0n) is 15.2. The second-order valence-corrected chi connectivity index (χ2v) is 9.26. The van der Waals surface area contributed by atoms with Gasteiger partial charge in [-0.05, 0) is 37.2 Å². The van der Waals surface area contributed by atoms with Crippen LogP contribution in [0.2, 0.25) is 0 Å². The van der Waals surface area contributed by atoms with E-state index in [1.165, 1.54) is 0 Å². The molecule has 1 rings (SSSR count). The van der Waals surface area contributed by atoms with Crippen LogP contribution in [0.5, 0.6) is 0 Å². The van der Waals surface area contributed by atoms with E-state index in [1.807, 2.05) is 30.3 Å². The van der Waals surface area contributed by atoms with E-state index in [2.05, 4.69) is 23.1 Å². The van der Waals surface area contributed by atoms with Crippen LogP contribution in [0.3, 0.4) is 0 Å². The van der Waals surface area contributed by atoms with Crippen molar-refractivity contribution < 1.29 is 14.3 Å². The Balaban J connectivity index is 2.62. The molecule has 0 aliphatic carbocycles. The maximum absolute atomic E-state index is 12.5. The van der Waals surface area contributed by atoms with Crippen molar-refractivity contribution in [3.63, 3.8) is 0 Å². The molecule has 0 aromatic heterocycles. The Kier molecular flexibility index (Phi) is 8.11. The standard InChI is InChI=1S/C18H28N2O3S/c1-18(2,3)23-17(22)20-15(11-12-24(4)5)16(21)19-13-14-9-7-6-8-10-14/h6-10,15H,11-13H2,1-5H3,(H-,19,20,21,22)/p+1. The number of ether oxygens (including phenoxy) is 1. The van der Waals surface area contributed by atoms with E-state index in [9.17, 15) is 9.59 Å². The number of nitrogens with one attached hydrogen (secondary N) is 2. The van der Waals surface area contributed by atoms with Gasteiger partial charge in [-0.2, -0.15) is 0 Å². The predicted octanol–water partition coefficient (Wildman–Crippen LogP) is 2.46. The van der Waals surface area contributed by atoms with E-state index in [0.29, 0.717) is 13.0 Å². The molecule has 2 N–H and O–H groups in total. The van der Waals surface area contributed by atoms with Crippen molar-refractivity contribution in [3.05, 3.63) is 35.9 Å². The third-order valence-corrected chi connectivity index (χ3v) is 4.18. The van der Waals surface area contributed by atoms with Crippen LogP contribution in [0.4, 0.5) is 4.79 Å². The number of amides is 2. The number of alkyl carbamates (subject to hydrolysis) is 1. The van der Waals surface area contributed by atoms with Gasteiger partial charge in [0.05, 0.1) is 12.5 Å². The molecule has 24 heavy (non-hydrogen) atoms. The van der Waals surface area contributed by atoms with Gasteiger partial charge in [0.2, 0.25) is 5.91 Å².